The van der Waals surface area contributed by atoms with Crippen molar-refractivity contribution in [2.75, 3.05) is 31.1 Å². The zero-order valence-electron chi connectivity index (χ0n) is 16.5. The van der Waals surface area contributed by atoms with Gasteiger partial charge in [0.1, 0.15) is 0 Å². The molecule has 1 aliphatic heterocycles. The number of piperazine rings is 1. The van der Waals surface area contributed by atoms with Gasteiger partial charge in [0.05, 0.1) is 5.69 Å². The zero-order valence-corrected chi connectivity index (χ0v) is 16.5. The van der Waals surface area contributed by atoms with Crippen LogP contribution in [0.5, 0.6) is 0 Å². The van der Waals surface area contributed by atoms with Gasteiger partial charge in [0.25, 0.3) is 5.91 Å². The lowest BCUT2D eigenvalue weighted by Crippen LogP contribution is -2.49. The number of amides is 1. The van der Waals surface area contributed by atoms with Crippen LogP contribution in [0.2, 0.25) is 0 Å². The molecule has 1 amide bonds. The molecule has 7 nitrogen and oxygen atoms in total. The normalized spacial score (nSPS) is 14.4. The van der Waals surface area contributed by atoms with E-state index in [1.807, 2.05) is 61.3 Å². The van der Waals surface area contributed by atoms with Crippen LogP contribution in [0.15, 0.2) is 42.6 Å². The number of anilines is 1. The van der Waals surface area contributed by atoms with Crippen molar-refractivity contribution in [3.63, 3.8) is 0 Å². The Bertz CT molecular complexity index is 986. The Morgan fingerprint density at radius 1 is 0.857 bits per heavy atom. The van der Waals surface area contributed by atoms with Crippen LogP contribution in [-0.4, -0.2) is 57.0 Å². The Labute approximate surface area is 164 Å². The molecule has 0 unspecified atom stereocenters. The van der Waals surface area contributed by atoms with Crippen molar-refractivity contribution >= 4 is 11.7 Å². The molecule has 144 valence electrons. The molecule has 0 saturated carbocycles. The SMILES string of the molecule is Cc1ccn(-c2ccc(N3CCN(C(=O)c4ccc(C)c(C)c4)CC3)nn2)n1. The monoisotopic (exact) mass is 376 g/mol. The molecular weight excluding hydrogens is 352 g/mol. The number of aryl methyl sites for hydroxylation is 3. The number of hydrogen-bond donors (Lipinski definition) is 0. The highest BCUT2D eigenvalue weighted by Gasteiger charge is 2.23. The van der Waals surface area contributed by atoms with Gasteiger partial charge in [-0.05, 0) is 62.2 Å². The maximum atomic E-state index is 12.8. The summed E-state index contributed by atoms with van der Waals surface area (Å²) >= 11 is 0. The maximum Gasteiger partial charge on any atom is 0.253 e. The predicted octanol–water partition coefficient (Wildman–Crippen LogP) is 2.55. The molecule has 3 heterocycles. The van der Waals surface area contributed by atoms with Gasteiger partial charge in [0.2, 0.25) is 0 Å². The Morgan fingerprint density at radius 3 is 2.18 bits per heavy atom. The third-order valence-electron chi connectivity index (χ3n) is 5.24. The third kappa shape index (κ3) is 3.60. The number of aromatic nitrogens is 4. The standard InChI is InChI=1S/C21H24N6O/c1-15-4-5-18(14-16(15)2)21(28)26-12-10-25(11-13-26)19-6-7-20(23-22-19)27-9-8-17(3)24-27/h4-9,14H,10-13H2,1-3H3. The van der Waals surface area contributed by atoms with Gasteiger partial charge in [0.15, 0.2) is 11.6 Å². The van der Waals surface area contributed by atoms with Crippen molar-refractivity contribution in [3.8, 4) is 5.82 Å². The van der Waals surface area contributed by atoms with Gasteiger partial charge in [-0.25, -0.2) is 4.68 Å². The van der Waals surface area contributed by atoms with E-state index < -0.39 is 0 Å². The summed E-state index contributed by atoms with van der Waals surface area (Å²) in [7, 11) is 0. The molecule has 3 aromatic rings. The Balaban J connectivity index is 1.39. The van der Waals surface area contributed by atoms with Crippen LogP contribution < -0.4 is 4.90 Å². The Morgan fingerprint density at radius 2 is 1.57 bits per heavy atom. The molecule has 1 saturated heterocycles. The topological polar surface area (TPSA) is 67.2 Å². The predicted molar refractivity (Wildman–Crippen MR) is 108 cm³/mol. The molecule has 0 spiro atoms. The maximum absolute atomic E-state index is 12.8. The molecule has 28 heavy (non-hydrogen) atoms. The second-order valence-corrected chi connectivity index (χ2v) is 7.23. The first-order valence-electron chi connectivity index (χ1n) is 9.49. The van der Waals surface area contributed by atoms with Gasteiger partial charge in [-0.1, -0.05) is 6.07 Å². The van der Waals surface area contributed by atoms with Crippen LogP contribution in [0.3, 0.4) is 0 Å². The minimum atomic E-state index is 0.0956. The molecule has 0 atom stereocenters. The first kappa shape index (κ1) is 18.2. The lowest BCUT2D eigenvalue weighted by Gasteiger charge is -2.35. The molecule has 0 radical (unpaired) electrons. The van der Waals surface area contributed by atoms with E-state index in [2.05, 4.69) is 27.1 Å². The summed E-state index contributed by atoms with van der Waals surface area (Å²) in [6, 6.07) is 11.7. The van der Waals surface area contributed by atoms with E-state index >= 15 is 0 Å². The van der Waals surface area contributed by atoms with Crippen LogP contribution in [-0.2, 0) is 0 Å². The second-order valence-electron chi connectivity index (χ2n) is 7.23. The summed E-state index contributed by atoms with van der Waals surface area (Å²) in [5.41, 5.74) is 4.05. The Hall–Kier alpha value is -3.22. The lowest BCUT2D eigenvalue weighted by atomic mass is 10.1. The molecule has 0 N–H and O–H groups in total. The number of carbonyl (C=O) groups is 1. The Kier molecular flexibility index (Phi) is 4.81. The van der Waals surface area contributed by atoms with Crippen molar-refractivity contribution < 1.29 is 4.79 Å². The molecule has 0 bridgehead atoms. The molecule has 1 fully saturated rings. The zero-order chi connectivity index (χ0) is 19.7. The number of nitrogens with zero attached hydrogens (tertiary/aromatic N) is 6. The number of benzene rings is 1. The van der Waals surface area contributed by atoms with Gasteiger partial charge < -0.3 is 9.80 Å². The van der Waals surface area contributed by atoms with E-state index in [1.165, 1.54) is 5.56 Å². The lowest BCUT2D eigenvalue weighted by molar-refractivity contribution is 0.0746. The summed E-state index contributed by atoms with van der Waals surface area (Å²) < 4.78 is 1.71. The van der Waals surface area contributed by atoms with Crippen LogP contribution >= 0.6 is 0 Å². The van der Waals surface area contributed by atoms with E-state index in [0.717, 1.165) is 35.7 Å². The van der Waals surface area contributed by atoms with E-state index in [4.69, 9.17) is 0 Å². The molecule has 0 aliphatic carbocycles. The molecule has 7 heteroatoms. The minimum Gasteiger partial charge on any atom is -0.352 e. The van der Waals surface area contributed by atoms with Crippen molar-refractivity contribution in [1.29, 1.82) is 0 Å². The largest absolute Gasteiger partial charge is 0.352 e. The smallest absolute Gasteiger partial charge is 0.253 e. The van der Waals surface area contributed by atoms with Gasteiger partial charge in [0, 0.05) is 37.9 Å². The summed E-state index contributed by atoms with van der Waals surface area (Å²) in [5.74, 6) is 1.62. The van der Waals surface area contributed by atoms with Crippen molar-refractivity contribution in [1.82, 2.24) is 24.9 Å². The average Bonchev–Trinajstić information content (AvgIpc) is 3.16. The molecule has 4 rings (SSSR count). The van der Waals surface area contributed by atoms with Crippen molar-refractivity contribution in [2.45, 2.75) is 20.8 Å². The average molecular weight is 376 g/mol. The highest BCUT2D eigenvalue weighted by Crippen LogP contribution is 2.17. The van der Waals surface area contributed by atoms with Crippen LogP contribution in [0.25, 0.3) is 5.82 Å². The quantitative estimate of drug-likeness (QED) is 0.703. The molecule has 2 aromatic heterocycles. The number of carbonyl (C=O) groups excluding carboxylic acids is 1. The number of hydrogen-bond acceptors (Lipinski definition) is 5. The second kappa shape index (κ2) is 7.42. The van der Waals surface area contributed by atoms with E-state index in [1.54, 1.807) is 4.68 Å². The van der Waals surface area contributed by atoms with Gasteiger partial charge >= 0.3 is 0 Å². The van der Waals surface area contributed by atoms with Crippen LogP contribution in [0.1, 0.15) is 27.2 Å². The first-order valence-corrected chi connectivity index (χ1v) is 9.49. The fourth-order valence-corrected chi connectivity index (χ4v) is 3.35. The van der Waals surface area contributed by atoms with Gasteiger partial charge in [-0.15, -0.1) is 10.2 Å². The molecular formula is C21H24N6O. The van der Waals surface area contributed by atoms with E-state index in [-0.39, 0.29) is 5.91 Å². The highest BCUT2D eigenvalue weighted by molar-refractivity contribution is 5.94. The van der Waals surface area contributed by atoms with Crippen LogP contribution in [0.4, 0.5) is 5.82 Å². The third-order valence-corrected chi connectivity index (χ3v) is 5.24. The summed E-state index contributed by atoms with van der Waals surface area (Å²) in [4.78, 5) is 16.9. The van der Waals surface area contributed by atoms with E-state index in [9.17, 15) is 4.79 Å². The molecule has 1 aliphatic rings. The van der Waals surface area contributed by atoms with Gasteiger partial charge in [-0.3, -0.25) is 4.79 Å². The summed E-state index contributed by atoms with van der Waals surface area (Å²) in [5, 5.41) is 13.0. The highest BCUT2D eigenvalue weighted by atomic mass is 16.2. The van der Waals surface area contributed by atoms with E-state index in [0.29, 0.717) is 18.9 Å². The van der Waals surface area contributed by atoms with Crippen molar-refractivity contribution in [2.24, 2.45) is 0 Å². The van der Waals surface area contributed by atoms with Crippen LogP contribution in [0, 0.1) is 20.8 Å². The minimum absolute atomic E-state index is 0.0956. The number of rotatable bonds is 3. The van der Waals surface area contributed by atoms with Crippen molar-refractivity contribution in [3.05, 3.63) is 65.0 Å². The first-order chi connectivity index (χ1) is 13.5. The fraction of sp³-hybridized carbons (Fsp3) is 0.333. The fourth-order valence-electron chi connectivity index (χ4n) is 3.35. The van der Waals surface area contributed by atoms with Gasteiger partial charge in [-0.2, -0.15) is 5.10 Å². The summed E-state index contributed by atoms with van der Waals surface area (Å²) in [6.07, 6.45) is 1.87. The summed E-state index contributed by atoms with van der Waals surface area (Å²) in [6.45, 7) is 8.87. The molecule has 1 aromatic carbocycles.